The van der Waals surface area contributed by atoms with Crippen LogP contribution in [0.3, 0.4) is 0 Å². The Morgan fingerprint density at radius 2 is 1.94 bits per heavy atom. The summed E-state index contributed by atoms with van der Waals surface area (Å²) in [6, 6.07) is 4.41. The molecule has 0 amide bonds. The van der Waals surface area contributed by atoms with Gasteiger partial charge in [-0.3, -0.25) is 0 Å². The summed E-state index contributed by atoms with van der Waals surface area (Å²) in [7, 11) is 0. The minimum absolute atomic E-state index is 0.154. The fourth-order valence-electron chi connectivity index (χ4n) is 1.22. The molecule has 0 atom stereocenters. The molecule has 0 unspecified atom stereocenters. The van der Waals surface area contributed by atoms with Gasteiger partial charge in [0.2, 0.25) is 0 Å². The predicted octanol–water partition coefficient (Wildman–Crippen LogP) is 3.68. The molecule has 2 nitrogen and oxygen atoms in total. The molecular formula is C11H13F3O2. The van der Waals surface area contributed by atoms with Gasteiger partial charge in [-0.1, -0.05) is 19.1 Å². The molecule has 0 saturated carbocycles. The van der Waals surface area contributed by atoms with Crippen LogP contribution in [0.4, 0.5) is 13.2 Å². The maximum atomic E-state index is 12.1. The monoisotopic (exact) mass is 234 g/mol. The van der Waals surface area contributed by atoms with Crippen molar-refractivity contribution >= 4 is 0 Å². The molecule has 0 saturated heterocycles. The Labute approximate surface area is 92.0 Å². The normalized spacial score (nSPS) is 11.3. The minimum Gasteiger partial charge on any atom is -0.489 e. The zero-order valence-corrected chi connectivity index (χ0v) is 9.10. The van der Waals surface area contributed by atoms with E-state index in [-0.39, 0.29) is 11.5 Å². The zero-order valence-electron chi connectivity index (χ0n) is 9.10. The number of ether oxygens (including phenoxy) is 2. The summed E-state index contributed by atoms with van der Waals surface area (Å²) in [5.41, 5.74) is 0.621. The van der Waals surface area contributed by atoms with Crippen molar-refractivity contribution in [3.8, 4) is 11.5 Å². The van der Waals surface area contributed by atoms with Gasteiger partial charge >= 0.3 is 6.36 Å². The Balaban J connectivity index is 2.93. The van der Waals surface area contributed by atoms with Crippen LogP contribution in [-0.4, -0.2) is 13.0 Å². The summed E-state index contributed by atoms with van der Waals surface area (Å²) >= 11 is 0. The maximum absolute atomic E-state index is 12.1. The number of hydrogen-bond acceptors (Lipinski definition) is 2. The largest absolute Gasteiger partial charge is 0.573 e. The second-order valence-corrected chi connectivity index (χ2v) is 3.30. The van der Waals surface area contributed by atoms with Crippen molar-refractivity contribution in [1.82, 2.24) is 0 Å². The highest BCUT2D eigenvalue weighted by molar-refractivity contribution is 5.45. The lowest BCUT2D eigenvalue weighted by Crippen LogP contribution is -2.18. The van der Waals surface area contributed by atoms with Gasteiger partial charge in [-0.05, 0) is 25.0 Å². The van der Waals surface area contributed by atoms with Gasteiger partial charge in [0.25, 0.3) is 0 Å². The Morgan fingerprint density at radius 3 is 2.50 bits per heavy atom. The fourth-order valence-corrected chi connectivity index (χ4v) is 1.22. The zero-order chi connectivity index (χ0) is 12.2. The molecule has 90 valence electrons. The van der Waals surface area contributed by atoms with E-state index >= 15 is 0 Å². The lowest BCUT2D eigenvalue weighted by molar-refractivity contribution is -0.275. The average molecular weight is 234 g/mol. The van der Waals surface area contributed by atoms with Gasteiger partial charge in [0, 0.05) is 0 Å². The van der Waals surface area contributed by atoms with Crippen LogP contribution in [-0.2, 0) is 0 Å². The number of aryl methyl sites for hydroxylation is 1. The molecular weight excluding hydrogens is 221 g/mol. The smallest absolute Gasteiger partial charge is 0.489 e. The molecule has 1 rings (SSSR count). The second-order valence-electron chi connectivity index (χ2n) is 3.30. The summed E-state index contributed by atoms with van der Waals surface area (Å²) in [5, 5.41) is 0. The minimum atomic E-state index is -4.70. The van der Waals surface area contributed by atoms with Crippen molar-refractivity contribution in [2.24, 2.45) is 0 Å². The molecule has 0 aliphatic carbocycles. The van der Waals surface area contributed by atoms with Crippen molar-refractivity contribution in [1.29, 1.82) is 0 Å². The van der Waals surface area contributed by atoms with E-state index in [1.807, 2.05) is 6.92 Å². The molecule has 16 heavy (non-hydrogen) atoms. The molecule has 0 spiro atoms. The summed E-state index contributed by atoms with van der Waals surface area (Å²) in [6.45, 7) is 3.91. The Bertz CT molecular complexity index is 348. The number of hydrogen-bond donors (Lipinski definition) is 0. The number of alkyl halides is 3. The van der Waals surface area contributed by atoms with Crippen LogP contribution in [0.1, 0.15) is 18.9 Å². The highest BCUT2D eigenvalue weighted by Crippen LogP contribution is 2.34. The van der Waals surface area contributed by atoms with Crippen molar-refractivity contribution in [2.45, 2.75) is 26.6 Å². The van der Waals surface area contributed by atoms with Crippen molar-refractivity contribution < 1.29 is 22.6 Å². The standard InChI is InChI=1S/C11H13F3O2/c1-3-7-15-10-8(2)5-4-6-9(10)16-11(12,13)14/h4-6H,3,7H2,1-2H3. The number of halogens is 3. The molecule has 1 aromatic carbocycles. The number of para-hydroxylation sites is 1. The Kier molecular flexibility index (Phi) is 4.04. The van der Waals surface area contributed by atoms with Gasteiger partial charge in [0.05, 0.1) is 6.61 Å². The lowest BCUT2D eigenvalue weighted by atomic mass is 10.2. The third kappa shape index (κ3) is 3.64. The van der Waals surface area contributed by atoms with E-state index in [1.165, 1.54) is 12.1 Å². The fraction of sp³-hybridized carbons (Fsp3) is 0.455. The molecule has 0 bridgehead atoms. The van der Waals surface area contributed by atoms with E-state index in [2.05, 4.69) is 4.74 Å². The summed E-state index contributed by atoms with van der Waals surface area (Å²) < 4.78 is 45.4. The quantitative estimate of drug-likeness (QED) is 0.791. The van der Waals surface area contributed by atoms with E-state index in [0.29, 0.717) is 12.2 Å². The van der Waals surface area contributed by atoms with Crippen LogP contribution >= 0.6 is 0 Å². The predicted molar refractivity (Wildman–Crippen MR) is 53.6 cm³/mol. The second kappa shape index (κ2) is 5.09. The first-order valence-corrected chi connectivity index (χ1v) is 4.92. The highest BCUT2D eigenvalue weighted by atomic mass is 19.4. The van der Waals surface area contributed by atoms with Crippen LogP contribution in [0.25, 0.3) is 0 Å². The number of rotatable bonds is 4. The molecule has 0 heterocycles. The summed E-state index contributed by atoms with van der Waals surface area (Å²) in [5.74, 6) is -0.136. The molecule has 0 aliphatic heterocycles. The first-order chi connectivity index (χ1) is 7.44. The Hall–Kier alpha value is -1.39. The van der Waals surface area contributed by atoms with Crippen LogP contribution in [0.5, 0.6) is 11.5 Å². The van der Waals surface area contributed by atoms with Gasteiger partial charge in [-0.15, -0.1) is 13.2 Å². The van der Waals surface area contributed by atoms with Crippen molar-refractivity contribution in [3.05, 3.63) is 23.8 Å². The molecule has 0 aliphatic rings. The van der Waals surface area contributed by atoms with E-state index in [4.69, 9.17) is 4.74 Å². The van der Waals surface area contributed by atoms with Crippen molar-refractivity contribution in [2.75, 3.05) is 6.61 Å². The molecule has 5 heteroatoms. The third-order valence-electron chi connectivity index (χ3n) is 1.85. The molecule has 0 N–H and O–H groups in total. The van der Waals surface area contributed by atoms with Crippen LogP contribution < -0.4 is 9.47 Å². The molecule has 0 aromatic heterocycles. The first-order valence-electron chi connectivity index (χ1n) is 4.92. The van der Waals surface area contributed by atoms with Crippen LogP contribution in [0.15, 0.2) is 18.2 Å². The molecule has 1 aromatic rings. The summed E-state index contributed by atoms with van der Waals surface area (Å²) in [6.07, 6.45) is -3.97. The lowest BCUT2D eigenvalue weighted by Gasteiger charge is -2.15. The van der Waals surface area contributed by atoms with Gasteiger partial charge in [-0.25, -0.2) is 0 Å². The van der Waals surface area contributed by atoms with Gasteiger partial charge in [-0.2, -0.15) is 0 Å². The Morgan fingerprint density at radius 1 is 1.25 bits per heavy atom. The van der Waals surface area contributed by atoms with Gasteiger partial charge in [0.15, 0.2) is 11.5 Å². The van der Waals surface area contributed by atoms with Gasteiger partial charge < -0.3 is 9.47 Å². The van der Waals surface area contributed by atoms with E-state index < -0.39 is 6.36 Å². The topological polar surface area (TPSA) is 18.5 Å². The number of benzene rings is 1. The van der Waals surface area contributed by atoms with Crippen LogP contribution in [0.2, 0.25) is 0 Å². The molecule has 0 radical (unpaired) electrons. The van der Waals surface area contributed by atoms with Crippen LogP contribution in [0, 0.1) is 6.92 Å². The van der Waals surface area contributed by atoms with E-state index in [0.717, 1.165) is 6.42 Å². The average Bonchev–Trinajstić information content (AvgIpc) is 2.14. The maximum Gasteiger partial charge on any atom is 0.573 e. The van der Waals surface area contributed by atoms with Crippen molar-refractivity contribution in [3.63, 3.8) is 0 Å². The third-order valence-corrected chi connectivity index (χ3v) is 1.85. The SMILES string of the molecule is CCCOc1c(C)cccc1OC(F)(F)F. The van der Waals surface area contributed by atoms with Gasteiger partial charge in [0.1, 0.15) is 0 Å². The van der Waals surface area contributed by atoms with E-state index in [9.17, 15) is 13.2 Å². The van der Waals surface area contributed by atoms with E-state index in [1.54, 1.807) is 13.0 Å². The first kappa shape index (κ1) is 12.7. The molecule has 0 fully saturated rings. The highest BCUT2D eigenvalue weighted by Gasteiger charge is 2.32. The summed E-state index contributed by atoms with van der Waals surface area (Å²) in [4.78, 5) is 0.